The van der Waals surface area contributed by atoms with Gasteiger partial charge in [-0.25, -0.2) is 9.97 Å². The molecule has 1 saturated heterocycles. The molecule has 2 heterocycles. The van der Waals surface area contributed by atoms with Crippen molar-refractivity contribution in [3.8, 4) is 0 Å². The van der Waals surface area contributed by atoms with E-state index in [2.05, 4.69) is 15.3 Å². The molecule has 0 aromatic carbocycles. The van der Waals surface area contributed by atoms with Gasteiger partial charge < -0.3 is 15.1 Å². The van der Waals surface area contributed by atoms with Crippen LogP contribution in [0.2, 0.25) is 10.4 Å². The highest BCUT2D eigenvalue weighted by Gasteiger charge is 2.24. The largest absolute Gasteiger partial charge is 0.354 e. The van der Waals surface area contributed by atoms with Gasteiger partial charge in [-0.1, -0.05) is 17.7 Å². The van der Waals surface area contributed by atoms with E-state index in [0.717, 1.165) is 19.5 Å². The van der Waals surface area contributed by atoms with Crippen molar-refractivity contribution in [3.05, 3.63) is 28.7 Å². The number of carbonyl (C=O) groups excluding carboxylic acids is 1. The first kappa shape index (κ1) is 17.0. The van der Waals surface area contributed by atoms with Gasteiger partial charge in [0.1, 0.15) is 11.0 Å². The minimum absolute atomic E-state index is 0.0764. The van der Waals surface area contributed by atoms with Crippen LogP contribution in [0, 0.1) is 0 Å². The van der Waals surface area contributed by atoms with Crippen LogP contribution in [0.25, 0.3) is 0 Å². The number of carbonyl (C=O) groups is 1. The van der Waals surface area contributed by atoms with Crippen molar-refractivity contribution in [3.63, 3.8) is 0 Å². The molecule has 2 rings (SSSR count). The van der Waals surface area contributed by atoms with E-state index in [9.17, 15) is 4.79 Å². The third kappa shape index (κ3) is 5.12. The molecule has 0 saturated carbocycles. The Kier molecular flexibility index (Phi) is 5.99. The number of hydrogen-bond donors (Lipinski definition) is 1. The fourth-order valence-electron chi connectivity index (χ4n) is 2.25. The number of likely N-dealkylation sites (N-methyl/N-ethyl adjacent to an activating group) is 1. The zero-order valence-electron chi connectivity index (χ0n) is 12.6. The van der Waals surface area contributed by atoms with Crippen LogP contribution in [0.5, 0.6) is 0 Å². The van der Waals surface area contributed by atoms with Crippen LogP contribution in [-0.4, -0.2) is 60.5 Å². The molecule has 1 aromatic heterocycles. The van der Waals surface area contributed by atoms with Crippen molar-refractivity contribution in [2.24, 2.45) is 0 Å². The molecule has 1 aliphatic rings. The minimum atomic E-state index is -0.0764. The smallest absolute Gasteiger partial charge is 0.243 e. The number of aromatic nitrogens is 2. The van der Waals surface area contributed by atoms with E-state index in [1.807, 2.05) is 30.0 Å². The Morgan fingerprint density at radius 1 is 1.50 bits per heavy atom. The highest BCUT2D eigenvalue weighted by molar-refractivity contribution is 6.32. The van der Waals surface area contributed by atoms with Crippen molar-refractivity contribution in [1.29, 1.82) is 0 Å². The molecular formula is C14H19Cl2N5O. The monoisotopic (exact) mass is 343 g/mol. The summed E-state index contributed by atoms with van der Waals surface area (Å²) in [5, 5.41) is 3.43. The summed E-state index contributed by atoms with van der Waals surface area (Å²) in [6, 6.07) is 1.76. The van der Waals surface area contributed by atoms with Crippen LogP contribution in [0.3, 0.4) is 0 Å². The molecule has 8 heteroatoms. The molecule has 1 aromatic rings. The highest BCUT2D eigenvalue weighted by Crippen LogP contribution is 2.22. The number of amides is 1. The SMILES string of the molecule is CN(C)C/C=C/C(=O)NC1CCN(c2cc(Cl)nc(Cl)n2)C1. The van der Waals surface area contributed by atoms with Crippen molar-refractivity contribution in [2.45, 2.75) is 12.5 Å². The molecule has 6 nitrogen and oxygen atoms in total. The van der Waals surface area contributed by atoms with Gasteiger partial charge in [0, 0.05) is 37.8 Å². The van der Waals surface area contributed by atoms with Crippen molar-refractivity contribution in [1.82, 2.24) is 20.2 Å². The van der Waals surface area contributed by atoms with Crippen molar-refractivity contribution >= 4 is 34.9 Å². The van der Waals surface area contributed by atoms with Crippen LogP contribution < -0.4 is 10.2 Å². The second-order valence-corrected chi connectivity index (χ2v) is 6.15. The maximum absolute atomic E-state index is 11.8. The van der Waals surface area contributed by atoms with Gasteiger partial charge in [0.2, 0.25) is 11.2 Å². The molecule has 0 aliphatic carbocycles. The second-order valence-electron chi connectivity index (χ2n) is 5.42. The van der Waals surface area contributed by atoms with E-state index >= 15 is 0 Å². The Morgan fingerprint density at radius 3 is 2.95 bits per heavy atom. The number of anilines is 1. The predicted octanol–water partition coefficient (Wildman–Crippen LogP) is 1.60. The predicted molar refractivity (Wildman–Crippen MR) is 88.5 cm³/mol. The van der Waals surface area contributed by atoms with E-state index in [1.54, 1.807) is 12.1 Å². The second kappa shape index (κ2) is 7.76. The number of rotatable bonds is 5. The quantitative estimate of drug-likeness (QED) is 0.499. The molecule has 120 valence electrons. The lowest BCUT2D eigenvalue weighted by atomic mass is 10.2. The topological polar surface area (TPSA) is 61.4 Å². The number of halogens is 2. The van der Waals surface area contributed by atoms with E-state index < -0.39 is 0 Å². The average Bonchev–Trinajstić information content (AvgIpc) is 2.85. The molecule has 0 spiro atoms. The number of hydrogen-bond acceptors (Lipinski definition) is 5. The molecule has 1 aliphatic heterocycles. The molecule has 1 atom stereocenters. The molecule has 0 bridgehead atoms. The third-order valence-corrected chi connectivity index (χ3v) is 3.62. The summed E-state index contributed by atoms with van der Waals surface area (Å²) in [6.07, 6.45) is 4.26. The Labute approximate surface area is 140 Å². The molecule has 1 fully saturated rings. The maximum Gasteiger partial charge on any atom is 0.243 e. The number of nitrogens with one attached hydrogen (secondary N) is 1. The van der Waals surface area contributed by atoms with Gasteiger partial charge in [-0.05, 0) is 32.1 Å². The summed E-state index contributed by atoms with van der Waals surface area (Å²) in [6.45, 7) is 2.20. The standard InChI is InChI=1S/C14H19Cl2N5O/c1-20(2)6-3-4-13(22)17-10-5-7-21(9-10)12-8-11(15)18-14(16)19-12/h3-4,8,10H,5-7,9H2,1-2H3,(H,17,22)/b4-3+. The molecule has 0 radical (unpaired) electrons. The Hall–Kier alpha value is -1.37. The minimum Gasteiger partial charge on any atom is -0.354 e. The summed E-state index contributed by atoms with van der Waals surface area (Å²) >= 11 is 11.7. The van der Waals surface area contributed by atoms with Gasteiger partial charge in [0.25, 0.3) is 0 Å². The normalized spacial score (nSPS) is 18.4. The Balaban J connectivity index is 1.87. The fourth-order valence-corrected chi connectivity index (χ4v) is 2.65. The lowest BCUT2D eigenvalue weighted by Gasteiger charge is -2.17. The van der Waals surface area contributed by atoms with E-state index in [1.165, 1.54) is 0 Å². The van der Waals surface area contributed by atoms with Gasteiger partial charge in [-0.15, -0.1) is 0 Å². The van der Waals surface area contributed by atoms with E-state index in [0.29, 0.717) is 17.5 Å². The van der Waals surface area contributed by atoms with Gasteiger partial charge >= 0.3 is 0 Å². The summed E-state index contributed by atoms with van der Waals surface area (Å²) in [7, 11) is 3.91. The lowest BCUT2D eigenvalue weighted by Crippen LogP contribution is -2.36. The molecule has 1 N–H and O–H groups in total. The summed E-state index contributed by atoms with van der Waals surface area (Å²) in [5.74, 6) is 0.609. The third-order valence-electron chi connectivity index (χ3n) is 3.25. The number of nitrogens with zero attached hydrogens (tertiary/aromatic N) is 4. The van der Waals surface area contributed by atoms with Gasteiger partial charge in [0.05, 0.1) is 0 Å². The summed E-state index contributed by atoms with van der Waals surface area (Å²) in [4.78, 5) is 23.8. The van der Waals surface area contributed by atoms with Crippen LogP contribution in [0.15, 0.2) is 18.2 Å². The lowest BCUT2D eigenvalue weighted by molar-refractivity contribution is -0.117. The Morgan fingerprint density at radius 2 is 2.27 bits per heavy atom. The van der Waals surface area contributed by atoms with Crippen LogP contribution >= 0.6 is 23.2 Å². The van der Waals surface area contributed by atoms with Gasteiger partial charge in [0.15, 0.2) is 0 Å². The zero-order valence-corrected chi connectivity index (χ0v) is 14.1. The first-order valence-corrected chi connectivity index (χ1v) is 7.76. The van der Waals surface area contributed by atoms with Gasteiger partial charge in [-0.3, -0.25) is 4.79 Å². The average molecular weight is 344 g/mol. The van der Waals surface area contributed by atoms with Crippen LogP contribution in [0.4, 0.5) is 5.82 Å². The highest BCUT2D eigenvalue weighted by atomic mass is 35.5. The fraction of sp³-hybridized carbons (Fsp3) is 0.500. The maximum atomic E-state index is 11.8. The molecule has 1 amide bonds. The molecule has 22 heavy (non-hydrogen) atoms. The van der Waals surface area contributed by atoms with Gasteiger partial charge in [-0.2, -0.15) is 0 Å². The van der Waals surface area contributed by atoms with E-state index in [4.69, 9.17) is 23.2 Å². The first-order chi connectivity index (χ1) is 10.4. The first-order valence-electron chi connectivity index (χ1n) is 7.01. The summed E-state index contributed by atoms with van der Waals surface area (Å²) in [5.41, 5.74) is 0. The van der Waals surface area contributed by atoms with Crippen molar-refractivity contribution in [2.75, 3.05) is 38.6 Å². The van der Waals surface area contributed by atoms with E-state index in [-0.39, 0.29) is 17.2 Å². The van der Waals surface area contributed by atoms with Crippen molar-refractivity contribution < 1.29 is 4.79 Å². The van der Waals surface area contributed by atoms with Crippen LogP contribution in [-0.2, 0) is 4.79 Å². The molecule has 1 unspecified atom stereocenters. The zero-order chi connectivity index (χ0) is 16.1. The Bertz CT molecular complexity index is 544. The summed E-state index contributed by atoms with van der Waals surface area (Å²) < 4.78 is 0. The van der Waals surface area contributed by atoms with Crippen LogP contribution in [0.1, 0.15) is 6.42 Å². The molecular weight excluding hydrogens is 325 g/mol.